The Labute approximate surface area is 89.5 Å². The first-order chi connectivity index (χ1) is 7.24. The first kappa shape index (κ1) is 11.4. The first-order valence-electron chi connectivity index (χ1n) is 5.05. The van der Waals surface area contributed by atoms with E-state index in [4.69, 9.17) is 5.11 Å². The molecule has 0 aliphatic rings. The summed E-state index contributed by atoms with van der Waals surface area (Å²) in [5, 5.41) is 8.62. The van der Waals surface area contributed by atoms with Crippen LogP contribution in [0.5, 0.6) is 0 Å². The monoisotopic (exact) mass is 205 g/mol. The largest absolute Gasteiger partial charge is 0.481 e. The standard InChI is InChI=1S/C12H15NO2/c1-2-3-10(4-5-12(14)15)11-6-8-13-9-7-11/h4,6-9H,2-3,5H2,1H3,(H,14,15)/b10-4+. The molecule has 3 heteroatoms. The molecule has 0 saturated carbocycles. The Hall–Kier alpha value is -1.64. The number of hydrogen-bond donors (Lipinski definition) is 1. The molecule has 1 aromatic rings. The van der Waals surface area contributed by atoms with E-state index in [0.29, 0.717) is 0 Å². The van der Waals surface area contributed by atoms with Crippen molar-refractivity contribution in [1.82, 2.24) is 4.98 Å². The van der Waals surface area contributed by atoms with E-state index in [1.807, 2.05) is 12.1 Å². The molecular formula is C12H15NO2. The van der Waals surface area contributed by atoms with Gasteiger partial charge in [-0.3, -0.25) is 9.78 Å². The van der Waals surface area contributed by atoms with Crippen molar-refractivity contribution in [2.75, 3.05) is 0 Å². The topological polar surface area (TPSA) is 50.2 Å². The van der Waals surface area contributed by atoms with Gasteiger partial charge in [0.1, 0.15) is 0 Å². The lowest BCUT2D eigenvalue weighted by Gasteiger charge is -2.05. The van der Waals surface area contributed by atoms with Crippen molar-refractivity contribution in [3.05, 3.63) is 36.2 Å². The average Bonchev–Trinajstić information content (AvgIpc) is 2.25. The van der Waals surface area contributed by atoms with Gasteiger partial charge in [0.05, 0.1) is 6.42 Å². The zero-order valence-electron chi connectivity index (χ0n) is 8.81. The van der Waals surface area contributed by atoms with E-state index in [1.165, 1.54) is 0 Å². The third-order valence-corrected chi connectivity index (χ3v) is 2.09. The summed E-state index contributed by atoms with van der Waals surface area (Å²) in [5.41, 5.74) is 2.15. The lowest BCUT2D eigenvalue weighted by atomic mass is 10.0. The Bertz CT molecular complexity index is 344. The van der Waals surface area contributed by atoms with Crippen LogP contribution in [-0.2, 0) is 4.79 Å². The second-order valence-electron chi connectivity index (χ2n) is 3.31. The van der Waals surface area contributed by atoms with Crippen molar-refractivity contribution in [3.63, 3.8) is 0 Å². The highest BCUT2D eigenvalue weighted by atomic mass is 16.4. The molecule has 0 aliphatic heterocycles. The van der Waals surface area contributed by atoms with Gasteiger partial charge in [0.15, 0.2) is 0 Å². The highest BCUT2D eigenvalue weighted by Crippen LogP contribution is 2.19. The van der Waals surface area contributed by atoms with Crippen molar-refractivity contribution in [1.29, 1.82) is 0 Å². The SMILES string of the molecule is CCC/C(=C\CC(=O)O)c1ccncc1. The van der Waals surface area contributed by atoms with Gasteiger partial charge >= 0.3 is 5.97 Å². The Morgan fingerprint density at radius 3 is 2.67 bits per heavy atom. The van der Waals surface area contributed by atoms with Gasteiger partial charge in [-0.1, -0.05) is 19.4 Å². The summed E-state index contributed by atoms with van der Waals surface area (Å²) in [7, 11) is 0. The fourth-order valence-electron chi connectivity index (χ4n) is 1.41. The molecule has 0 atom stereocenters. The molecular weight excluding hydrogens is 190 g/mol. The number of pyridine rings is 1. The molecule has 0 aromatic carbocycles. The molecule has 1 N–H and O–H groups in total. The number of carbonyl (C=O) groups is 1. The van der Waals surface area contributed by atoms with Crippen LogP contribution in [0.3, 0.4) is 0 Å². The number of hydrogen-bond acceptors (Lipinski definition) is 2. The normalized spacial score (nSPS) is 11.4. The highest BCUT2D eigenvalue weighted by Gasteiger charge is 2.01. The number of aromatic nitrogens is 1. The molecule has 0 saturated heterocycles. The van der Waals surface area contributed by atoms with Crippen LogP contribution >= 0.6 is 0 Å². The second kappa shape index (κ2) is 5.96. The fraction of sp³-hybridized carbons (Fsp3) is 0.333. The van der Waals surface area contributed by atoms with Gasteiger partial charge < -0.3 is 5.11 Å². The lowest BCUT2D eigenvalue weighted by molar-refractivity contribution is -0.135. The molecule has 1 aromatic heterocycles. The van der Waals surface area contributed by atoms with Gasteiger partial charge in [0, 0.05) is 12.4 Å². The summed E-state index contributed by atoms with van der Waals surface area (Å²) >= 11 is 0. The fourth-order valence-corrected chi connectivity index (χ4v) is 1.41. The van der Waals surface area contributed by atoms with E-state index in [9.17, 15) is 4.79 Å². The number of allylic oxidation sites excluding steroid dienone is 1. The number of carboxylic acids is 1. The smallest absolute Gasteiger partial charge is 0.307 e. The maximum atomic E-state index is 10.5. The van der Waals surface area contributed by atoms with E-state index < -0.39 is 5.97 Å². The Morgan fingerprint density at radius 1 is 1.47 bits per heavy atom. The first-order valence-corrected chi connectivity index (χ1v) is 5.05. The molecule has 1 heterocycles. The third kappa shape index (κ3) is 3.94. The number of carboxylic acid groups (broad SMARTS) is 1. The summed E-state index contributed by atoms with van der Waals surface area (Å²) < 4.78 is 0. The van der Waals surface area contributed by atoms with Crippen molar-refractivity contribution < 1.29 is 9.90 Å². The minimum atomic E-state index is -0.794. The summed E-state index contributed by atoms with van der Waals surface area (Å²) in [6.45, 7) is 2.08. The van der Waals surface area contributed by atoms with E-state index in [-0.39, 0.29) is 6.42 Å². The van der Waals surface area contributed by atoms with Crippen molar-refractivity contribution >= 4 is 11.5 Å². The van der Waals surface area contributed by atoms with Gasteiger partial charge in [-0.25, -0.2) is 0 Å². The molecule has 0 unspecified atom stereocenters. The van der Waals surface area contributed by atoms with Gasteiger partial charge in [0.2, 0.25) is 0 Å². The summed E-state index contributed by atoms with van der Waals surface area (Å²) in [6.07, 6.45) is 7.21. The van der Waals surface area contributed by atoms with Crippen molar-refractivity contribution in [2.45, 2.75) is 26.2 Å². The van der Waals surface area contributed by atoms with Gasteiger partial charge in [-0.15, -0.1) is 0 Å². The lowest BCUT2D eigenvalue weighted by Crippen LogP contribution is -1.93. The van der Waals surface area contributed by atoms with Crippen LogP contribution < -0.4 is 0 Å². The molecule has 1 rings (SSSR count). The average molecular weight is 205 g/mol. The van der Waals surface area contributed by atoms with Gasteiger partial charge in [-0.05, 0) is 29.7 Å². The minimum Gasteiger partial charge on any atom is -0.481 e. The summed E-state index contributed by atoms with van der Waals surface area (Å²) in [5.74, 6) is -0.794. The van der Waals surface area contributed by atoms with E-state index in [2.05, 4.69) is 11.9 Å². The molecule has 0 bridgehead atoms. The van der Waals surface area contributed by atoms with Crippen LogP contribution in [0.15, 0.2) is 30.6 Å². The molecule has 0 amide bonds. The minimum absolute atomic E-state index is 0.0810. The van der Waals surface area contributed by atoms with Crippen LogP contribution in [0.1, 0.15) is 31.7 Å². The predicted octanol–water partition coefficient (Wildman–Crippen LogP) is 2.74. The number of rotatable bonds is 5. The Kier molecular flexibility index (Phi) is 4.54. The summed E-state index contributed by atoms with van der Waals surface area (Å²) in [4.78, 5) is 14.4. The van der Waals surface area contributed by atoms with Crippen LogP contribution in [0.25, 0.3) is 5.57 Å². The maximum absolute atomic E-state index is 10.5. The molecule has 0 radical (unpaired) electrons. The third-order valence-electron chi connectivity index (χ3n) is 2.09. The molecule has 15 heavy (non-hydrogen) atoms. The van der Waals surface area contributed by atoms with Crippen LogP contribution in [0.2, 0.25) is 0 Å². The molecule has 80 valence electrons. The number of nitrogens with zero attached hydrogens (tertiary/aromatic N) is 1. The highest BCUT2D eigenvalue weighted by molar-refractivity contribution is 5.74. The van der Waals surface area contributed by atoms with E-state index >= 15 is 0 Å². The zero-order chi connectivity index (χ0) is 11.1. The Balaban J connectivity index is 2.83. The predicted molar refractivity (Wildman–Crippen MR) is 59.4 cm³/mol. The van der Waals surface area contributed by atoms with Crippen LogP contribution in [0, 0.1) is 0 Å². The van der Waals surface area contributed by atoms with Gasteiger partial charge in [0.25, 0.3) is 0 Å². The van der Waals surface area contributed by atoms with Crippen molar-refractivity contribution in [3.8, 4) is 0 Å². The molecule has 0 fully saturated rings. The molecule has 0 spiro atoms. The van der Waals surface area contributed by atoms with Crippen LogP contribution in [-0.4, -0.2) is 16.1 Å². The maximum Gasteiger partial charge on any atom is 0.307 e. The Morgan fingerprint density at radius 2 is 2.13 bits per heavy atom. The van der Waals surface area contributed by atoms with E-state index in [0.717, 1.165) is 24.0 Å². The van der Waals surface area contributed by atoms with Crippen molar-refractivity contribution in [2.24, 2.45) is 0 Å². The van der Waals surface area contributed by atoms with Gasteiger partial charge in [-0.2, -0.15) is 0 Å². The molecule has 3 nitrogen and oxygen atoms in total. The molecule has 0 aliphatic carbocycles. The quantitative estimate of drug-likeness (QED) is 0.804. The zero-order valence-corrected chi connectivity index (χ0v) is 8.81. The van der Waals surface area contributed by atoms with E-state index in [1.54, 1.807) is 18.5 Å². The summed E-state index contributed by atoms with van der Waals surface area (Å²) in [6, 6.07) is 3.81. The second-order valence-corrected chi connectivity index (χ2v) is 3.31. The number of aliphatic carboxylic acids is 1. The van der Waals surface area contributed by atoms with Crippen LogP contribution in [0.4, 0.5) is 0 Å².